The van der Waals surface area contributed by atoms with Crippen molar-refractivity contribution in [1.82, 2.24) is 0 Å². The highest BCUT2D eigenvalue weighted by molar-refractivity contribution is 5.81. The average Bonchev–Trinajstić information content (AvgIpc) is 3.09. The molecule has 0 aromatic carbocycles. The first-order chi connectivity index (χ1) is 7.68. The molecule has 1 aliphatic carbocycles. The fraction of sp³-hybridized carbons (Fsp3) is 0.818. The molecular weight excluding hydrogens is 212 g/mol. The first-order valence-electron chi connectivity index (χ1n) is 5.69. The lowest BCUT2D eigenvalue weighted by Gasteiger charge is -2.26. The van der Waals surface area contributed by atoms with E-state index in [0.717, 1.165) is 12.8 Å². The lowest BCUT2D eigenvalue weighted by Crippen LogP contribution is -2.34. The molecular formula is C11H16O5. The number of epoxide rings is 1. The maximum atomic E-state index is 11.7. The van der Waals surface area contributed by atoms with Gasteiger partial charge in [-0.25, -0.2) is 0 Å². The number of carboxylic acid groups (broad SMARTS) is 1. The summed E-state index contributed by atoms with van der Waals surface area (Å²) in [6, 6.07) is 0. The Morgan fingerprint density at radius 2 is 1.88 bits per heavy atom. The molecule has 0 spiro atoms. The molecule has 1 unspecified atom stereocenters. The highest BCUT2D eigenvalue weighted by Crippen LogP contribution is 2.31. The van der Waals surface area contributed by atoms with Crippen molar-refractivity contribution in [1.29, 1.82) is 0 Å². The van der Waals surface area contributed by atoms with Gasteiger partial charge in [0.2, 0.25) is 0 Å². The van der Waals surface area contributed by atoms with Gasteiger partial charge < -0.3 is 14.6 Å². The number of rotatable bonds is 4. The zero-order valence-electron chi connectivity index (χ0n) is 9.05. The van der Waals surface area contributed by atoms with Crippen LogP contribution in [0.15, 0.2) is 0 Å². The minimum atomic E-state index is -0.885. The first-order valence-corrected chi connectivity index (χ1v) is 5.69. The van der Waals surface area contributed by atoms with E-state index in [1.807, 2.05) is 0 Å². The van der Waals surface area contributed by atoms with Gasteiger partial charge in [-0.2, -0.15) is 0 Å². The maximum Gasteiger partial charge on any atom is 0.309 e. The van der Waals surface area contributed by atoms with Crippen LogP contribution < -0.4 is 0 Å². The number of aliphatic carboxylic acids is 1. The molecule has 0 aromatic rings. The van der Waals surface area contributed by atoms with Crippen molar-refractivity contribution in [2.45, 2.75) is 31.8 Å². The number of hydrogen-bond donors (Lipinski definition) is 1. The molecule has 1 saturated carbocycles. The van der Waals surface area contributed by atoms with Gasteiger partial charge in [-0.15, -0.1) is 0 Å². The Morgan fingerprint density at radius 1 is 1.25 bits per heavy atom. The number of carbonyl (C=O) groups excluding carboxylic acids is 1. The van der Waals surface area contributed by atoms with E-state index in [1.165, 1.54) is 0 Å². The van der Waals surface area contributed by atoms with Crippen LogP contribution in [0.3, 0.4) is 0 Å². The quantitative estimate of drug-likeness (QED) is 0.569. The van der Waals surface area contributed by atoms with Crippen molar-refractivity contribution in [3.8, 4) is 0 Å². The smallest absolute Gasteiger partial charge is 0.309 e. The molecule has 2 fully saturated rings. The Kier molecular flexibility index (Phi) is 3.43. The highest BCUT2D eigenvalue weighted by Gasteiger charge is 2.37. The largest absolute Gasteiger partial charge is 0.481 e. The van der Waals surface area contributed by atoms with Crippen molar-refractivity contribution >= 4 is 11.9 Å². The van der Waals surface area contributed by atoms with E-state index in [4.69, 9.17) is 14.6 Å². The molecule has 1 N–H and O–H groups in total. The summed E-state index contributed by atoms with van der Waals surface area (Å²) < 4.78 is 9.99. The molecule has 2 rings (SSSR count). The number of ether oxygens (including phenoxy) is 2. The summed E-state index contributed by atoms with van der Waals surface area (Å²) in [4.78, 5) is 22.7. The van der Waals surface area contributed by atoms with Crippen molar-refractivity contribution in [3.05, 3.63) is 0 Å². The second-order valence-corrected chi connectivity index (χ2v) is 4.42. The van der Waals surface area contributed by atoms with E-state index < -0.39 is 17.8 Å². The van der Waals surface area contributed by atoms with Gasteiger partial charge in [0.15, 0.2) is 0 Å². The predicted octanol–water partition coefficient (Wildman–Crippen LogP) is 0.819. The summed E-state index contributed by atoms with van der Waals surface area (Å²) in [7, 11) is 0. The van der Waals surface area contributed by atoms with Gasteiger partial charge in [0.1, 0.15) is 12.7 Å². The van der Waals surface area contributed by atoms with Crippen LogP contribution in [0.1, 0.15) is 25.7 Å². The minimum absolute atomic E-state index is 0.0378. The highest BCUT2D eigenvalue weighted by atomic mass is 16.6. The normalized spacial score (nSPS) is 33.1. The van der Waals surface area contributed by atoms with E-state index in [1.54, 1.807) is 0 Å². The molecule has 90 valence electrons. The molecule has 1 heterocycles. The molecule has 0 bridgehead atoms. The zero-order chi connectivity index (χ0) is 11.5. The summed E-state index contributed by atoms with van der Waals surface area (Å²) in [6.45, 7) is 0.905. The molecule has 1 aliphatic heterocycles. The SMILES string of the molecule is O=C(O)[C@H]1CCCC[C@H]1C(=O)OCC1CO1. The average molecular weight is 228 g/mol. The fourth-order valence-electron chi connectivity index (χ4n) is 2.15. The third-order valence-electron chi connectivity index (χ3n) is 3.20. The predicted molar refractivity (Wildman–Crippen MR) is 53.8 cm³/mol. The lowest BCUT2D eigenvalue weighted by atomic mass is 9.79. The fourth-order valence-corrected chi connectivity index (χ4v) is 2.15. The Labute approximate surface area is 93.7 Å². The van der Waals surface area contributed by atoms with Crippen LogP contribution in [0.4, 0.5) is 0 Å². The minimum Gasteiger partial charge on any atom is -0.481 e. The Hall–Kier alpha value is -1.10. The van der Waals surface area contributed by atoms with Gasteiger partial charge in [0.25, 0.3) is 0 Å². The number of esters is 1. The summed E-state index contributed by atoms with van der Waals surface area (Å²) >= 11 is 0. The van der Waals surface area contributed by atoms with E-state index in [9.17, 15) is 9.59 Å². The van der Waals surface area contributed by atoms with Gasteiger partial charge in [0.05, 0.1) is 18.4 Å². The van der Waals surface area contributed by atoms with Crippen LogP contribution in [-0.4, -0.2) is 36.4 Å². The van der Waals surface area contributed by atoms with E-state index in [2.05, 4.69) is 0 Å². The van der Waals surface area contributed by atoms with Gasteiger partial charge in [-0.05, 0) is 12.8 Å². The van der Waals surface area contributed by atoms with Crippen LogP contribution in [0.25, 0.3) is 0 Å². The van der Waals surface area contributed by atoms with E-state index in [0.29, 0.717) is 19.4 Å². The van der Waals surface area contributed by atoms with Crippen molar-refractivity contribution in [2.75, 3.05) is 13.2 Å². The maximum absolute atomic E-state index is 11.7. The van der Waals surface area contributed by atoms with Crippen LogP contribution in [0.5, 0.6) is 0 Å². The van der Waals surface area contributed by atoms with Crippen molar-refractivity contribution in [3.63, 3.8) is 0 Å². The van der Waals surface area contributed by atoms with Gasteiger partial charge in [-0.3, -0.25) is 9.59 Å². The van der Waals surface area contributed by atoms with Crippen LogP contribution in [-0.2, 0) is 19.1 Å². The molecule has 3 atom stereocenters. The third kappa shape index (κ3) is 2.72. The molecule has 5 nitrogen and oxygen atoms in total. The number of carboxylic acids is 1. The molecule has 0 radical (unpaired) electrons. The van der Waals surface area contributed by atoms with E-state index >= 15 is 0 Å². The van der Waals surface area contributed by atoms with Gasteiger partial charge >= 0.3 is 11.9 Å². The van der Waals surface area contributed by atoms with Crippen molar-refractivity contribution < 1.29 is 24.2 Å². The van der Waals surface area contributed by atoms with Crippen LogP contribution >= 0.6 is 0 Å². The first kappa shape index (κ1) is 11.4. The second kappa shape index (κ2) is 4.82. The van der Waals surface area contributed by atoms with Gasteiger partial charge in [-0.1, -0.05) is 12.8 Å². The molecule has 16 heavy (non-hydrogen) atoms. The van der Waals surface area contributed by atoms with E-state index in [-0.39, 0.29) is 18.7 Å². The van der Waals surface area contributed by atoms with Crippen molar-refractivity contribution in [2.24, 2.45) is 11.8 Å². The molecule has 0 amide bonds. The Bertz CT molecular complexity index is 284. The summed E-state index contributed by atoms with van der Waals surface area (Å²) in [5.41, 5.74) is 0. The number of carbonyl (C=O) groups is 2. The monoisotopic (exact) mass is 228 g/mol. The molecule has 2 aliphatic rings. The Morgan fingerprint density at radius 3 is 2.44 bits per heavy atom. The van der Waals surface area contributed by atoms with Gasteiger partial charge in [0, 0.05) is 0 Å². The zero-order valence-corrected chi connectivity index (χ0v) is 9.05. The van der Waals surface area contributed by atoms with Crippen LogP contribution in [0, 0.1) is 11.8 Å². The molecule has 1 saturated heterocycles. The molecule has 0 aromatic heterocycles. The lowest BCUT2D eigenvalue weighted by molar-refractivity contribution is -0.160. The standard InChI is InChI=1S/C11H16O5/c12-10(13)8-3-1-2-4-9(8)11(14)16-6-7-5-15-7/h7-9H,1-6H2,(H,12,13)/t7?,8-,9+/m0/s1. The van der Waals surface area contributed by atoms with Crippen LogP contribution in [0.2, 0.25) is 0 Å². The third-order valence-corrected chi connectivity index (χ3v) is 3.20. The number of hydrogen-bond acceptors (Lipinski definition) is 4. The molecule has 5 heteroatoms. The Balaban J connectivity index is 1.87. The summed E-state index contributed by atoms with van der Waals surface area (Å²) in [5, 5.41) is 9.01. The summed E-state index contributed by atoms with van der Waals surface area (Å²) in [5.74, 6) is -2.29. The second-order valence-electron chi connectivity index (χ2n) is 4.42. The topological polar surface area (TPSA) is 76.1 Å². The summed E-state index contributed by atoms with van der Waals surface area (Å²) in [6.07, 6.45) is 3.03.